The summed E-state index contributed by atoms with van der Waals surface area (Å²) in [4.78, 5) is 11.4. The molecule has 2 N–H and O–H groups in total. The Morgan fingerprint density at radius 3 is 2.55 bits per heavy atom. The second kappa shape index (κ2) is 6.56. The van der Waals surface area contributed by atoms with Gasteiger partial charge in [0, 0.05) is 6.21 Å². The second-order valence-corrected chi connectivity index (χ2v) is 4.27. The topological polar surface area (TPSA) is 70.4 Å². The van der Waals surface area contributed by atoms with Crippen LogP contribution >= 0.6 is 15.9 Å². The number of aliphatic hydroxyl groups is 1. The number of benzene rings is 1. The highest BCUT2D eigenvalue weighted by molar-refractivity contribution is 9.10. The fourth-order valence-corrected chi connectivity index (χ4v) is 1.73. The van der Waals surface area contributed by atoms with Crippen molar-refractivity contribution < 1.29 is 27.8 Å². The number of hydrogen-bond donors (Lipinski definition) is 2. The van der Waals surface area contributed by atoms with E-state index in [9.17, 15) is 23.1 Å². The van der Waals surface area contributed by atoms with E-state index >= 15 is 0 Å². The number of halogens is 4. The van der Waals surface area contributed by atoms with Crippen molar-refractivity contribution in [2.45, 2.75) is 6.92 Å². The van der Waals surface area contributed by atoms with E-state index in [1.54, 1.807) is 0 Å². The highest BCUT2D eigenvalue weighted by Gasteiger charge is 2.23. The van der Waals surface area contributed by atoms with Crippen LogP contribution < -0.4 is 0 Å². The maximum atomic E-state index is 13.8. The Labute approximate surface area is 120 Å². The van der Waals surface area contributed by atoms with Gasteiger partial charge in [-0.1, -0.05) is 0 Å². The first-order valence-corrected chi connectivity index (χ1v) is 6.08. The summed E-state index contributed by atoms with van der Waals surface area (Å²) in [5.41, 5.74) is -1.44. The van der Waals surface area contributed by atoms with Crippen LogP contribution in [0.2, 0.25) is 0 Å². The number of hydrogen-bond acceptors (Lipinski definition) is 4. The monoisotopic (exact) mass is 351 g/mol. The van der Waals surface area contributed by atoms with Crippen LogP contribution in [0.4, 0.5) is 13.2 Å². The van der Waals surface area contributed by atoms with Gasteiger partial charge >= 0.3 is 5.97 Å². The molecule has 1 aromatic rings. The lowest BCUT2D eigenvalue weighted by Crippen LogP contribution is -2.12. The van der Waals surface area contributed by atoms with Gasteiger partial charge in [0.1, 0.15) is 11.3 Å². The maximum absolute atomic E-state index is 13.8. The summed E-state index contributed by atoms with van der Waals surface area (Å²) < 4.78 is 43.8. The van der Waals surface area contributed by atoms with E-state index in [0.717, 1.165) is 0 Å². The van der Waals surface area contributed by atoms with Crippen LogP contribution in [-0.2, 0) is 9.53 Å². The number of rotatable bonds is 4. The van der Waals surface area contributed by atoms with Crippen LogP contribution in [0.5, 0.6) is 0 Å². The molecule has 20 heavy (non-hydrogen) atoms. The molecule has 0 aliphatic heterocycles. The molecule has 1 aromatic carbocycles. The van der Waals surface area contributed by atoms with Gasteiger partial charge in [0.2, 0.25) is 0 Å². The molecule has 0 fully saturated rings. The van der Waals surface area contributed by atoms with Crippen LogP contribution in [-0.4, -0.2) is 23.9 Å². The minimum absolute atomic E-state index is 0.0343. The molecule has 1 rings (SSSR count). The van der Waals surface area contributed by atoms with Crippen LogP contribution in [0.15, 0.2) is 16.1 Å². The molecular formula is C12H9BrF3NO3. The van der Waals surface area contributed by atoms with E-state index in [0.29, 0.717) is 12.3 Å². The van der Waals surface area contributed by atoms with Gasteiger partial charge in [-0.25, -0.2) is 18.0 Å². The fraction of sp³-hybridized carbons (Fsp3) is 0.167. The molecular weight excluding hydrogens is 343 g/mol. The zero-order valence-corrected chi connectivity index (χ0v) is 11.7. The average Bonchev–Trinajstić information content (AvgIpc) is 2.41. The van der Waals surface area contributed by atoms with E-state index in [-0.39, 0.29) is 6.61 Å². The lowest BCUT2D eigenvalue weighted by molar-refractivity contribution is -0.137. The maximum Gasteiger partial charge on any atom is 0.343 e. The van der Waals surface area contributed by atoms with Gasteiger partial charge in [-0.3, -0.25) is 0 Å². The Bertz CT molecular complexity index is 602. The van der Waals surface area contributed by atoms with Crippen molar-refractivity contribution in [3.05, 3.63) is 39.1 Å². The number of esters is 1. The first-order valence-electron chi connectivity index (χ1n) is 5.29. The van der Waals surface area contributed by atoms with E-state index in [1.807, 2.05) is 0 Å². The van der Waals surface area contributed by atoms with Crippen molar-refractivity contribution >= 4 is 33.9 Å². The quantitative estimate of drug-likeness (QED) is 0.218. The summed E-state index contributed by atoms with van der Waals surface area (Å²) in [7, 11) is 0. The summed E-state index contributed by atoms with van der Waals surface area (Å²) in [6, 6.07) is 0.382. The molecule has 0 unspecified atom stereocenters. The van der Waals surface area contributed by atoms with Crippen molar-refractivity contribution in [3.8, 4) is 0 Å². The molecule has 8 heteroatoms. The zero-order valence-electron chi connectivity index (χ0n) is 10.1. The fourth-order valence-electron chi connectivity index (χ4n) is 1.32. The van der Waals surface area contributed by atoms with Gasteiger partial charge in [0.05, 0.1) is 16.6 Å². The summed E-state index contributed by atoms with van der Waals surface area (Å²) in [6.45, 7) is 1.46. The number of ether oxygens (including phenoxy) is 1. The highest BCUT2D eigenvalue weighted by Crippen LogP contribution is 2.29. The Hall–Kier alpha value is -1.83. The molecule has 0 atom stereocenters. The van der Waals surface area contributed by atoms with E-state index in [4.69, 9.17) is 5.41 Å². The minimum Gasteiger partial charge on any atom is -0.506 e. The molecule has 108 valence electrons. The zero-order chi connectivity index (χ0) is 15.4. The third kappa shape index (κ3) is 3.01. The number of carbonyl (C=O) groups excluding carboxylic acids is 1. The lowest BCUT2D eigenvalue weighted by Gasteiger charge is -2.09. The normalized spacial score (nSPS) is 11.8. The second-order valence-electron chi connectivity index (χ2n) is 3.47. The van der Waals surface area contributed by atoms with Crippen LogP contribution in [0.25, 0.3) is 5.76 Å². The number of aliphatic hydroxyl groups excluding tert-OH is 1. The molecule has 0 amide bonds. The van der Waals surface area contributed by atoms with Gasteiger partial charge in [-0.15, -0.1) is 0 Å². The number of carbonyl (C=O) groups is 1. The largest absolute Gasteiger partial charge is 0.506 e. The molecule has 0 aliphatic rings. The molecule has 0 saturated carbocycles. The van der Waals surface area contributed by atoms with Gasteiger partial charge in [0.15, 0.2) is 17.5 Å². The molecule has 0 bridgehead atoms. The Kier molecular flexibility index (Phi) is 5.32. The van der Waals surface area contributed by atoms with E-state index in [2.05, 4.69) is 20.7 Å². The Balaban J connectivity index is 3.50. The van der Waals surface area contributed by atoms with Gasteiger partial charge in [0.25, 0.3) is 0 Å². The molecule has 0 saturated heterocycles. The average molecular weight is 352 g/mol. The molecule has 0 aliphatic carbocycles. The smallest absolute Gasteiger partial charge is 0.343 e. The van der Waals surface area contributed by atoms with Crippen molar-refractivity contribution in [2.24, 2.45) is 0 Å². The molecule has 0 radical (unpaired) electrons. The van der Waals surface area contributed by atoms with Crippen molar-refractivity contribution in [1.29, 1.82) is 5.41 Å². The molecule has 0 aromatic heterocycles. The predicted molar refractivity (Wildman–Crippen MR) is 69.0 cm³/mol. The van der Waals surface area contributed by atoms with Gasteiger partial charge in [-0.05, 0) is 28.9 Å². The summed E-state index contributed by atoms with van der Waals surface area (Å²) in [6.07, 6.45) is 0.432. The van der Waals surface area contributed by atoms with E-state index < -0.39 is 44.8 Å². The van der Waals surface area contributed by atoms with Gasteiger partial charge < -0.3 is 15.3 Å². The molecule has 4 nitrogen and oxygen atoms in total. The third-order valence-electron chi connectivity index (χ3n) is 2.25. The minimum atomic E-state index is -1.47. The third-order valence-corrected chi connectivity index (χ3v) is 2.95. The number of nitrogens with one attached hydrogen (secondary N) is 1. The van der Waals surface area contributed by atoms with Gasteiger partial charge in [-0.2, -0.15) is 0 Å². The van der Waals surface area contributed by atoms with Crippen LogP contribution in [0.1, 0.15) is 12.5 Å². The first kappa shape index (κ1) is 16.2. The summed E-state index contributed by atoms with van der Waals surface area (Å²) in [5, 5.41) is 16.8. The van der Waals surface area contributed by atoms with Crippen LogP contribution in [0, 0.1) is 22.9 Å². The van der Waals surface area contributed by atoms with Crippen LogP contribution in [0.3, 0.4) is 0 Å². The Morgan fingerprint density at radius 1 is 1.45 bits per heavy atom. The van der Waals surface area contributed by atoms with Crippen molar-refractivity contribution in [2.75, 3.05) is 6.61 Å². The SMILES string of the molecule is CCOC(=O)C(C=N)=C(O)c1cc(F)c(F)c(Br)c1F. The van der Waals surface area contributed by atoms with E-state index in [1.165, 1.54) is 6.92 Å². The lowest BCUT2D eigenvalue weighted by atomic mass is 10.1. The standard InChI is InChI=1S/C12H9BrF3NO3/c1-2-20-12(19)6(4-17)11(18)5-3-7(14)10(16)8(13)9(5)15/h3-4,17-18H,2H2,1H3. The van der Waals surface area contributed by atoms with Crippen molar-refractivity contribution in [3.63, 3.8) is 0 Å². The highest BCUT2D eigenvalue weighted by atomic mass is 79.9. The summed E-state index contributed by atoms with van der Waals surface area (Å²) in [5.74, 6) is -6.29. The first-order chi connectivity index (χ1) is 9.34. The summed E-state index contributed by atoms with van der Waals surface area (Å²) >= 11 is 2.49. The predicted octanol–water partition coefficient (Wildman–Crippen LogP) is 3.35. The molecule has 0 heterocycles. The Morgan fingerprint density at radius 2 is 2.05 bits per heavy atom. The molecule has 0 spiro atoms. The van der Waals surface area contributed by atoms with Crippen molar-refractivity contribution in [1.82, 2.24) is 0 Å².